The molecule has 9 nitrogen and oxygen atoms in total. The van der Waals surface area contributed by atoms with Gasteiger partial charge in [0.15, 0.2) is 15.5 Å². The first-order valence-electron chi connectivity index (χ1n) is 7.61. The predicted octanol–water partition coefficient (Wildman–Crippen LogP) is 1.16. The molecule has 0 fully saturated rings. The predicted molar refractivity (Wildman–Crippen MR) is 92.9 cm³/mol. The van der Waals surface area contributed by atoms with E-state index in [0.717, 1.165) is 17.5 Å². The molecular formula is C15H18N6O3S. The molecule has 0 unspecified atom stereocenters. The Bertz CT molecular complexity index is 1030. The first kappa shape index (κ1) is 17.1. The van der Waals surface area contributed by atoms with Crippen LogP contribution in [0.3, 0.4) is 0 Å². The molecule has 0 aliphatic rings. The van der Waals surface area contributed by atoms with E-state index in [1.165, 1.54) is 4.52 Å². The van der Waals surface area contributed by atoms with Crippen molar-refractivity contribution in [1.29, 1.82) is 0 Å². The van der Waals surface area contributed by atoms with Crippen molar-refractivity contribution in [2.75, 3.05) is 17.3 Å². The van der Waals surface area contributed by atoms with Crippen LogP contribution in [0.4, 0.5) is 5.95 Å². The monoisotopic (exact) mass is 362 g/mol. The molecule has 0 aliphatic heterocycles. The minimum atomic E-state index is -3.41. The van der Waals surface area contributed by atoms with Gasteiger partial charge in [0, 0.05) is 30.3 Å². The molecule has 132 valence electrons. The largest absolute Gasteiger partial charge is 0.292 e. The summed E-state index contributed by atoms with van der Waals surface area (Å²) in [4.78, 5) is 15.9. The number of amides is 1. The lowest BCUT2D eigenvalue weighted by molar-refractivity contribution is -0.113. The number of fused-ring (bicyclic) bond motifs is 1. The van der Waals surface area contributed by atoms with Gasteiger partial charge in [-0.1, -0.05) is 0 Å². The molecular weight excluding hydrogens is 344 g/mol. The van der Waals surface area contributed by atoms with Crippen LogP contribution in [-0.2, 0) is 14.6 Å². The average Bonchev–Trinajstić information content (AvgIpc) is 3.09. The van der Waals surface area contributed by atoms with Crippen molar-refractivity contribution in [1.82, 2.24) is 24.4 Å². The number of hydrogen-bond donors (Lipinski definition) is 1. The van der Waals surface area contributed by atoms with Crippen molar-refractivity contribution in [2.45, 2.75) is 19.9 Å². The zero-order valence-electron chi connectivity index (χ0n) is 14.0. The smallest absolute Gasteiger partial charge is 0.249 e. The molecule has 0 saturated heterocycles. The number of nitrogens with zero attached hydrogens (tertiary/aromatic N) is 5. The highest BCUT2D eigenvalue weighted by molar-refractivity contribution is 7.91. The summed E-state index contributed by atoms with van der Waals surface area (Å²) in [5, 5.41) is 10.9. The Balaban J connectivity index is 1.89. The number of rotatable bonds is 5. The first-order valence-corrected chi connectivity index (χ1v) is 9.67. The summed E-state index contributed by atoms with van der Waals surface area (Å²) in [7, 11) is -3.41. The van der Waals surface area contributed by atoms with E-state index in [0.29, 0.717) is 5.65 Å². The van der Waals surface area contributed by atoms with Gasteiger partial charge in [-0.05, 0) is 32.0 Å². The van der Waals surface area contributed by atoms with Gasteiger partial charge in [0.25, 0.3) is 0 Å². The number of pyridine rings is 1. The van der Waals surface area contributed by atoms with E-state index < -0.39 is 21.5 Å². The fourth-order valence-corrected chi connectivity index (χ4v) is 2.99. The van der Waals surface area contributed by atoms with Crippen molar-refractivity contribution in [2.24, 2.45) is 0 Å². The van der Waals surface area contributed by atoms with E-state index in [2.05, 4.69) is 20.5 Å². The standard InChI is InChI=1S/C15H18N6O3S/c1-10(2)21-12(6-7-16-21)11-4-5-13-17-15(19-20(13)8-11)18-14(22)9-25(3,23)24/h4-8,10H,9H2,1-3H3,(H,18,19,22). The van der Waals surface area contributed by atoms with Gasteiger partial charge < -0.3 is 0 Å². The molecule has 3 rings (SSSR count). The molecule has 1 N–H and O–H groups in total. The van der Waals surface area contributed by atoms with Crippen molar-refractivity contribution < 1.29 is 13.2 Å². The Morgan fingerprint density at radius 1 is 1.28 bits per heavy atom. The summed E-state index contributed by atoms with van der Waals surface area (Å²) in [6.45, 7) is 4.08. The van der Waals surface area contributed by atoms with Crippen molar-refractivity contribution in [3.63, 3.8) is 0 Å². The molecule has 3 aromatic rings. The quantitative estimate of drug-likeness (QED) is 0.729. The second-order valence-electron chi connectivity index (χ2n) is 6.03. The number of carbonyl (C=O) groups excluding carboxylic acids is 1. The Morgan fingerprint density at radius 3 is 2.72 bits per heavy atom. The lowest BCUT2D eigenvalue weighted by atomic mass is 10.2. The normalized spacial score (nSPS) is 12.0. The topological polar surface area (TPSA) is 111 Å². The van der Waals surface area contributed by atoms with Gasteiger partial charge >= 0.3 is 0 Å². The fraction of sp³-hybridized carbons (Fsp3) is 0.333. The molecule has 0 radical (unpaired) electrons. The lowest BCUT2D eigenvalue weighted by Crippen LogP contribution is -2.22. The number of nitrogens with one attached hydrogen (secondary N) is 1. The average molecular weight is 362 g/mol. The molecule has 0 aromatic carbocycles. The van der Waals surface area contributed by atoms with Gasteiger partial charge in [0.1, 0.15) is 5.75 Å². The molecule has 0 atom stereocenters. The Morgan fingerprint density at radius 2 is 2.04 bits per heavy atom. The van der Waals surface area contributed by atoms with Crippen molar-refractivity contribution >= 4 is 27.3 Å². The second-order valence-corrected chi connectivity index (χ2v) is 8.17. The van der Waals surface area contributed by atoms with Gasteiger partial charge in [-0.15, -0.1) is 5.10 Å². The number of anilines is 1. The van der Waals surface area contributed by atoms with E-state index >= 15 is 0 Å². The zero-order valence-corrected chi connectivity index (χ0v) is 14.9. The van der Waals surface area contributed by atoms with Crippen LogP contribution in [0, 0.1) is 0 Å². The maximum Gasteiger partial charge on any atom is 0.249 e. The summed E-state index contributed by atoms with van der Waals surface area (Å²) in [6.07, 6.45) is 4.51. The Kier molecular flexibility index (Phi) is 4.29. The van der Waals surface area contributed by atoms with Gasteiger partial charge in [0.2, 0.25) is 11.9 Å². The Hall–Kier alpha value is -2.75. The molecule has 3 aromatic heterocycles. The van der Waals surface area contributed by atoms with Gasteiger partial charge in [-0.2, -0.15) is 10.1 Å². The number of carbonyl (C=O) groups is 1. The third kappa shape index (κ3) is 3.85. The number of hydrogen-bond acceptors (Lipinski definition) is 6. The minimum absolute atomic E-state index is 0.0585. The van der Waals surface area contributed by atoms with Crippen LogP contribution in [-0.4, -0.2) is 50.7 Å². The molecule has 3 heterocycles. The van der Waals surface area contributed by atoms with Gasteiger partial charge in [-0.25, -0.2) is 12.9 Å². The number of sulfone groups is 1. The van der Waals surface area contributed by atoms with E-state index in [1.807, 2.05) is 30.7 Å². The van der Waals surface area contributed by atoms with Gasteiger partial charge in [-0.3, -0.25) is 14.8 Å². The summed E-state index contributed by atoms with van der Waals surface area (Å²) in [6, 6.07) is 5.78. The fourth-order valence-electron chi connectivity index (χ4n) is 2.44. The summed E-state index contributed by atoms with van der Waals surface area (Å²) in [5.74, 6) is -1.22. The van der Waals surface area contributed by atoms with Crippen molar-refractivity contribution in [3.8, 4) is 11.3 Å². The molecule has 0 aliphatic carbocycles. The lowest BCUT2D eigenvalue weighted by Gasteiger charge is -2.10. The maximum atomic E-state index is 11.7. The maximum absolute atomic E-state index is 11.7. The van der Waals surface area contributed by atoms with Crippen LogP contribution in [0.5, 0.6) is 0 Å². The first-order chi connectivity index (χ1) is 11.7. The van der Waals surface area contributed by atoms with E-state index in [9.17, 15) is 13.2 Å². The van der Waals surface area contributed by atoms with E-state index in [1.54, 1.807) is 18.5 Å². The number of aromatic nitrogens is 5. The molecule has 1 amide bonds. The Labute approximate surface area is 144 Å². The highest BCUT2D eigenvalue weighted by Gasteiger charge is 2.14. The van der Waals surface area contributed by atoms with Crippen LogP contribution in [0.1, 0.15) is 19.9 Å². The molecule has 0 saturated carbocycles. The van der Waals surface area contributed by atoms with Crippen LogP contribution in [0.15, 0.2) is 30.6 Å². The molecule has 25 heavy (non-hydrogen) atoms. The highest BCUT2D eigenvalue weighted by atomic mass is 32.2. The second kappa shape index (κ2) is 6.28. The molecule has 10 heteroatoms. The van der Waals surface area contributed by atoms with E-state index in [-0.39, 0.29) is 12.0 Å². The zero-order chi connectivity index (χ0) is 18.2. The van der Waals surface area contributed by atoms with Crippen LogP contribution in [0.2, 0.25) is 0 Å². The third-order valence-corrected chi connectivity index (χ3v) is 4.22. The van der Waals surface area contributed by atoms with Crippen molar-refractivity contribution in [3.05, 3.63) is 30.6 Å². The third-order valence-electron chi connectivity index (χ3n) is 3.43. The molecule has 0 bridgehead atoms. The van der Waals surface area contributed by atoms with Crippen LogP contribution in [0.25, 0.3) is 16.9 Å². The minimum Gasteiger partial charge on any atom is -0.292 e. The van der Waals surface area contributed by atoms with Gasteiger partial charge in [0.05, 0.1) is 5.69 Å². The summed E-state index contributed by atoms with van der Waals surface area (Å²) >= 11 is 0. The van der Waals surface area contributed by atoms with E-state index in [4.69, 9.17) is 0 Å². The summed E-state index contributed by atoms with van der Waals surface area (Å²) < 4.78 is 25.7. The summed E-state index contributed by atoms with van der Waals surface area (Å²) in [5.41, 5.74) is 2.38. The van der Waals surface area contributed by atoms with Crippen LogP contribution < -0.4 is 5.32 Å². The van der Waals surface area contributed by atoms with Crippen LogP contribution >= 0.6 is 0 Å². The highest BCUT2D eigenvalue weighted by Crippen LogP contribution is 2.22. The molecule has 0 spiro atoms. The SMILES string of the molecule is CC(C)n1nccc1-c1ccc2nc(NC(=O)CS(C)(=O)=O)nn2c1.